The van der Waals surface area contributed by atoms with Crippen LogP contribution in [0.5, 0.6) is 0 Å². The quantitative estimate of drug-likeness (QED) is 0.589. The van der Waals surface area contributed by atoms with Crippen LogP contribution in [0.4, 0.5) is 0 Å². The minimum absolute atomic E-state index is 0.186. The summed E-state index contributed by atoms with van der Waals surface area (Å²) >= 11 is 0. The lowest BCUT2D eigenvalue weighted by Crippen LogP contribution is -2.46. The van der Waals surface area contributed by atoms with Crippen LogP contribution >= 0.6 is 0 Å². The number of imide groups is 1. The fourth-order valence-corrected chi connectivity index (χ4v) is 2.50. The molecular formula is C16H17NO5. The van der Waals surface area contributed by atoms with Gasteiger partial charge in [-0.1, -0.05) is 19.1 Å². The molecule has 1 unspecified atom stereocenters. The van der Waals surface area contributed by atoms with Gasteiger partial charge in [0.2, 0.25) is 0 Å². The topological polar surface area (TPSA) is 80.8 Å². The van der Waals surface area contributed by atoms with Gasteiger partial charge in [-0.3, -0.25) is 19.3 Å². The van der Waals surface area contributed by atoms with Crippen molar-refractivity contribution in [1.29, 1.82) is 0 Å². The van der Waals surface area contributed by atoms with E-state index in [-0.39, 0.29) is 29.8 Å². The van der Waals surface area contributed by atoms with Crippen LogP contribution in [0.1, 0.15) is 46.9 Å². The number of methoxy groups -OCH3 is 1. The van der Waals surface area contributed by atoms with Gasteiger partial charge in [0, 0.05) is 12.8 Å². The van der Waals surface area contributed by atoms with Crippen molar-refractivity contribution in [2.75, 3.05) is 7.11 Å². The van der Waals surface area contributed by atoms with Gasteiger partial charge in [0.25, 0.3) is 11.8 Å². The molecule has 1 aromatic rings. The smallest absolute Gasteiger partial charge is 0.329 e. The normalized spacial score (nSPS) is 14.7. The van der Waals surface area contributed by atoms with Crippen LogP contribution in [0.25, 0.3) is 0 Å². The Hall–Kier alpha value is -2.50. The van der Waals surface area contributed by atoms with Crippen LogP contribution in [-0.2, 0) is 14.3 Å². The zero-order chi connectivity index (χ0) is 16.3. The van der Waals surface area contributed by atoms with Gasteiger partial charge >= 0.3 is 5.97 Å². The van der Waals surface area contributed by atoms with Crippen molar-refractivity contribution >= 4 is 23.6 Å². The number of amides is 2. The second-order valence-electron chi connectivity index (χ2n) is 5.06. The molecule has 1 aromatic carbocycles. The van der Waals surface area contributed by atoms with E-state index in [1.165, 1.54) is 12.1 Å². The number of rotatable bonds is 6. The highest BCUT2D eigenvalue weighted by Gasteiger charge is 2.43. The third-order valence-corrected chi connectivity index (χ3v) is 3.56. The standard InChI is InChI=1S/C16H17NO5/c1-3-6-10(18)9-13(16(21)22-2)17-14(19)11-7-4-5-8-12(11)15(17)20/h4-5,7-8,13H,3,6,9H2,1-2H3. The Kier molecular flexibility index (Phi) is 4.70. The summed E-state index contributed by atoms with van der Waals surface area (Å²) in [5.41, 5.74) is 0.480. The van der Waals surface area contributed by atoms with E-state index >= 15 is 0 Å². The molecule has 0 saturated carbocycles. The Labute approximate surface area is 128 Å². The Morgan fingerprint density at radius 3 is 2.14 bits per heavy atom. The van der Waals surface area contributed by atoms with Crippen LogP contribution in [0, 0.1) is 0 Å². The Bertz CT molecular complexity index is 602. The Balaban J connectivity index is 2.33. The molecule has 0 aliphatic carbocycles. The van der Waals surface area contributed by atoms with Crippen LogP contribution in [0.3, 0.4) is 0 Å². The number of ether oxygens (including phenoxy) is 1. The number of esters is 1. The van der Waals surface area contributed by atoms with Crippen molar-refractivity contribution in [3.63, 3.8) is 0 Å². The molecule has 2 rings (SSSR count). The molecule has 1 heterocycles. The van der Waals surface area contributed by atoms with E-state index in [1.807, 2.05) is 6.92 Å². The molecule has 0 saturated heterocycles. The van der Waals surface area contributed by atoms with Gasteiger partial charge in [-0.25, -0.2) is 4.79 Å². The van der Waals surface area contributed by atoms with Gasteiger partial charge in [-0.2, -0.15) is 0 Å². The second kappa shape index (κ2) is 6.51. The molecule has 22 heavy (non-hydrogen) atoms. The summed E-state index contributed by atoms with van der Waals surface area (Å²) in [6, 6.07) is 5.12. The maximum atomic E-state index is 12.4. The first kappa shape index (κ1) is 15.9. The van der Waals surface area contributed by atoms with Gasteiger partial charge in [-0.05, 0) is 18.6 Å². The SMILES string of the molecule is CCCC(=O)CC(C(=O)OC)N1C(=O)c2ccccc2C1=O. The number of carbonyl (C=O) groups excluding carboxylic acids is 4. The first-order valence-electron chi connectivity index (χ1n) is 7.07. The average molecular weight is 303 g/mol. The summed E-state index contributed by atoms with van der Waals surface area (Å²) in [5.74, 6) is -2.09. The molecule has 116 valence electrons. The van der Waals surface area contributed by atoms with Crippen molar-refractivity contribution < 1.29 is 23.9 Å². The predicted octanol–water partition coefficient (Wildman–Crippen LogP) is 1.58. The lowest BCUT2D eigenvalue weighted by Gasteiger charge is -2.23. The van der Waals surface area contributed by atoms with Gasteiger partial charge in [0.05, 0.1) is 18.2 Å². The van der Waals surface area contributed by atoms with Gasteiger partial charge < -0.3 is 4.74 Å². The van der Waals surface area contributed by atoms with Crippen molar-refractivity contribution in [2.45, 2.75) is 32.2 Å². The highest BCUT2D eigenvalue weighted by atomic mass is 16.5. The number of Topliss-reactive ketones (excluding diaryl/α,β-unsaturated/α-hetero) is 1. The summed E-state index contributed by atoms with van der Waals surface area (Å²) in [7, 11) is 1.16. The van der Waals surface area contributed by atoms with Gasteiger partial charge in [0.1, 0.15) is 11.8 Å². The number of hydrogen-bond acceptors (Lipinski definition) is 5. The number of nitrogens with zero attached hydrogens (tertiary/aromatic N) is 1. The molecule has 1 aliphatic rings. The number of benzene rings is 1. The van der Waals surface area contributed by atoms with E-state index in [9.17, 15) is 19.2 Å². The highest BCUT2D eigenvalue weighted by Crippen LogP contribution is 2.26. The monoisotopic (exact) mass is 303 g/mol. The zero-order valence-corrected chi connectivity index (χ0v) is 12.5. The fraction of sp³-hybridized carbons (Fsp3) is 0.375. The molecular weight excluding hydrogens is 286 g/mol. The molecule has 6 heteroatoms. The van der Waals surface area contributed by atoms with Crippen LogP contribution < -0.4 is 0 Å². The van der Waals surface area contributed by atoms with E-state index < -0.39 is 23.8 Å². The predicted molar refractivity (Wildman–Crippen MR) is 77.3 cm³/mol. The largest absolute Gasteiger partial charge is 0.467 e. The van der Waals surface area contributed by atoms with E-state index in [1.54, 1.807) is 12.1 Å². The third-order valence-electron chi connectivity index (χ3n) is 3.56. The van der Waals surface area contributed by atoms with Crippen molar-refractivity contribution in [1.82, 2.24) is 4.90 Å². The van der Waals surface area contributed by atoms with Gasteiger partial charge in [0.15, 0.2) is 0 Å². The Morgan fingerprint density at radius 2 is 1.68 bits per heavy atom. The summed E-state index contributed by atoms with van der Waals surface area (Å²) in [5, 5.41) is 0. The number of ketones is 1. The average Bonchev–Trinajstić information content (AvgIpc) is 2.77. The highest BCUT2D eigenvalue weighted by molar-refractivity contribution is 6.22. The lowest BCUT2D eigenvalue weighted by atomic mass is 10.1. The summed E-state index contributed by atoms with van der Waals surface area (Å²) < 4.78 is 4.66. The van der Waals surface area contributed by atoms with Gasteiger partial charge in [-0.15, -0.1) is 0 Å². The van der Waals surface area contributed by atoms with Crippen LogP contribution in [0.2, 0.25) is 0 Å². The molecule has 1 atom stereocenters. The molecule has 1 aliphatic heterocycles. The maximum absolute atomic E-state index is 12.4. The first-order chi connectivity index (χ1) is 10.5. The lowest BCUT2D eigenvalue weighted by molar-refractivity contribution is -0.146. The molecule has 0 aromatic heterocycles. The molecule has 6 nitrogen and oxygen atoms in total. The van der Waals surface area contributed by atoms with E-state index in [0.29, 0.717) is 6.42 Å². The van der Waals surface area contributed by atoms with E-state index in [2.05, 4.69) is 4.74 Å². The van der Waals surface area contributed by atoms with Crippen molar-refractivity contribution in [2.24, 2.45) is 0 Å². The number of fused-ring (bicyclic) bond motifs is 1. The second-order valence-corrected chi connectivity index (χ2v) is 5.06. The minimum Gasteiger partial charge on any atom is -0.467 e. The van der Waals surface area contributed by atoms with E-state index in [4.69, 9.17) is 0 Å². The third kappa shape index (κ3) is 2.77. The zero-order valence-electron chi connectivity index (χ0n) is 12.5. The van der Waals surface area contributed by atoms with Crippen LogP contribution in [0.15, 0.2) is 24.3 Å². The molecule has 0 spiro atoms. The first-order valence-corrected chi connectivity index (χ1v) is 7.07. The molecule has 0 bridgehead atoms. The van der Waals surface area contributed by atoms with Crippen LogP contribution in [-0.4, -0.2) is 41.6 Å². The Morgan fingerprint density at radius 1 is 1.14 bits per heavy atom. The van der Waals surface area contributed by atoms with E-state index in [0.717, 1.165) is 12.0 Å². The maximum Gasteiger partial charge on any atom is 0.329 e. The molecule has 0 N–H and O–H groups in total. The minimum atomic E-state index is -1.21. The molecule has 2 amide bonds. The number of carbonyl (C=O) groups is 4. The fourth-order valence-electron chi connectivity index (χ4n) is 2.50. The van der Waals surface area contributed by atoms with Crippen molar-refractivity contribution in [3.05, 3.63) is 35.4 Å². The molecule has 0 radical (unpaired) electrons. The number of hydrogen-bond donors (Lipinski definition) is 0. The van der Waals surface area contributed by atoms with Crippen molar-refractivity contribution in [3.8, 4) is 0 Å². The molecule has 0 fully saturated rings. The summed E-state index contributed by atoms with van der Waals surface area (Å²) in [4.78, 5) is 49.4. The summed E-state index contributed by atoms with van der Waals surface area (Å²) in [6.45, 7) is 1.84. The summed E-state index contributed by atoms with van der Waals surface area (Å²) in [6.07, 6.45) is 0.706.